The molecule has 0 aliphatic heterocycles. The summed E-state index contributed by atoms with van der Waals surface area (Å²) in [6.07, 6.45) is 4.00. The molecular formula is C16H15NO5. The molecule has 1 heterocycles. The molecule has 6 heteroatoms. The molecule has 0 saturated heterocycles. The third-order valence-electron chi connectivity index (χ3n) is 3.05. The van der Waals surface area contributed by atoms with Crippen LogP contribution in [0.5, 0.6) is 5.75 Å². The molecule has 0 fully saturated rings. The molecule has 0 atom stereocenters. The van der Waals surface area contributed by atoms with Crippen LogP contribution in [0.2, 0.25) is 0 Å². The Balaban J connectivity index is 2.09. The zero-order chi connectivity index (χ0) is 16.1. The average Bonchev–Trinajstić information content (AvgIpc) is 2.96. The van der Waals surface area contributed by atoms with E-state index >= 15 is 0 Å². The number of nitrogens with zero attached hydrogens (tertiary/aromatic N) is 1. The average molecular weight is 301 g/mol. The number of ether oxygens (including phenoxy) is 1. The first-order chi connectivity index (χ1) is 10.5. The number of ketones is 1. The van der Waals surface area contributed by atoms with Gasteiger partial charge in [0.2, 0.25) is 5.76 Å². The van der Waals surface area contributed by atoms with Gasteiger partial charge in [0.05, 0.1) is 7.11 Å². The molecule has 22 heavy (non-hydrogen) atoms. The van der Waals surface area contributed by atoms with Crippen LogP contribution < -0.4 is 4.74 Å². The van der Waals surface area contributed by atoms with Crippen molar-refractivity contribution >= 4 is 11.8 Å². The molecule has 0 aliphatic rings. The second-order valence-corrected chi connectivity index (χ2v) is 4.62. The van der Waals surface area contributed by atoms with Crippen molar-refractivity contribution < 1.29 is 24.5 Å². The summed E-state index contributed by atoms with van der Waals surface area (Å²) in [6.45, 7) is 0.561. The number of aliphatic hydroxyl groups is 1. The van der Waals surface area contributed by atoms with E-state index in [0.29, 0.717) is 18.2 Å². The van der Waals surface area contributed by atoms with Gasteiger partial charge in [-0.3, -0.25) is 4.79 Å². The predicted octanol–water partition coefficient (Wildman–Crippen LogP) is 2.25. The van der Waals surface area contributed by atoms with Gasteiger partial charge in [-0.25, -0.2) is 4.79 Å². The number of carboxylic acids is 1. The highest BCUT2D eigenvalue weighted by atomic mass is 16.5. The summed E-state index contributed by atoms with van der Waals surface area (Å²) in [6, 6.07) is 9.08. The zero-order valence-corrected chi connectivity index (χ0v) is 11.9. The van der Waals surface area contributed by atoms with Gasteiger partial charge in [-0.05, 0) is 23.8 Å². The number of carbonyl (C=O) groups is 2. The van der Waals surface area contributed by atoms with E-state index in [0.717, 1.165) is 11.3 Å². The van der Waals surface area contributed by atoms with Crippen LogP contribution in [0.25, 0.3) is 0 Å². The largest absolute Gasteiger partial charge is 0.502 e. The van der Waals surface area contributed by atoms with E-state index in [9.17, 15) is 9.59 Å². The first kappa shape index (κ1) is 15.4. The molecule has 114 valence electrons. The quantitative estimate of drug-likeness (QED) is 0.485. The van der Waals surface area contributed by atoms with Gasteiger partial charge in [0.1, 0.15) is 5.75 Å². The fourth-order valence-corrected chi connectivity index (χ4v) is 1.90. The van der Waals surface area contributed by atoms with Gasteiger partial charge >= 0.3 is 5.97 Å². The maximum absolute atomic E-state index is 11.8. The van der Waals surface area contributed by atoms with Crippen molar-refractivity contribution in [3.63, 3.8) is 0 Å². The molecule has 0 amide bonds. The SMILES string of the molecule is COc1ccc(Cn2ccc(C(=O)/C=C(\O)C(=O)O)c2)cc1. The topological polar surface area (TPSA) is 88.8 Å². The van der Waals surface area contributed by atoms with E-state index in [4.69, 9.17) is 14.9 Å². The van der Waals surface area contributed by atoms with Crippen molar-refractivity contribution in [3.8, 4) is 5.75 Å². The van der Waals surface area contributed by atoms with E-state index in [1.165, 1.54) is 0 Å². The number of methoxy groups -OCH3 is 1. The lowest BCUT2D eigenvalue weighted by Crippen LogP contribution is -2.03. The first-order valence-corrected chi connectivity index (χ1v) is 6.46. The number of benzene rings is 1. The standard InChI is InChI=1S/C16H15NO5/c1-22-13-4-2-11(3-5-13)9-17-7-6-12(10-17)14(18)8-15(19)16(20)21/h2-8,10,19H,9H2,1H3,(H,20,21)/b15-8-. The number of aliphatic hydroxyl groups excluding tert-OH is 1. The number of rotatable bonds is 6. The number of aliphatic carboxylic acids is 1. The summed E-state index contributed by atoms with van der Waals surface area (Å²) < 4.78 is 6.87. The minimum absolute atomic E-state index is 0.307. The number of carboxylic acid groups (broad SMARTS) is 1. The molecule has 2 rings (SSSR count). The lowest BCUT2D eigenvalue weighted by molar-refractivity contribution is -0.135. The highest BCUT2D eigenvalue weighted by Gasteiger charge is 2.10. The number of allylic oxidation sites excluding steroid dienone is 1. The van der Waals surface area contributed by atoms with Crippen LogP contribution >= 0.6 is 0 Å². The molecule has 0 spiro atoms. The van der Waals surface area contributed by atoms with E-state index < -0.39 is 17.5 Å². The van der Waals surface area contributed by atoms with Gasteiger partial charge in [0.25, 0.3) is 0 Å². The summed E-state index contributed by atoms with van der Waals surface area (Å²) in [4.78, 5) is 22.3. The summed E-state index contributed by atoms with van der Waals surface area (Å²) in [5.41, 5.74) is 1.33. The Morgan fingerprint density at radius 2 is 1.86 bits per heavy atom. The maximum atomic E-state index is 11.8. The van der Waals surface area contributed by atoms with Gasteiger partial charge in [0, 0.05) is 30.6 Å². The highest BCUT2D eigenvalue weighted by Crippen LogP contribution is 2.13. The summed E-state index contributed by atoms with van der Waals surface area (Å²) in [5.74, 6) is -2.31. The smallest absolute Gasteiger partial charge is 0.371 e. The van der Waals surface area contributed by atoms with Gasteiger partial charge < -0.3 is 19.5 Å². The predicted molar refractivity (Wildman–Crippen MR) is 79.2 cm³/mol. The Hall–Kier alpha value is -3.02. The molecule has 2 N–H and O–H groups in total. The normalized spacial score (nSPS) is 11.2. The fourth-order valence-electron chi connectivity index (χ4n) is 1.90. The lowest BCUT2D eigenvalue weighted by Gasteiger charge is -2.04. The molecule has 1 aromatic heterocycles. The van der Waals surface area contributed by atoms with Crippen LogP contribution in [0, 0.1) is 0 Å². The van der Waals surface area contributed by atoms with Crippen LogP contribution in [0.4, 0.5) is 0 Å². The van der Waals surface area contributed by atoms with Gasteiger partial charge in [-0.15, -0.1) is 0 Å². The van der Waals surface area contributed by atoms with E-state index in [1.807, 2.05) is 24.3 Å². The third kappa shape index (κ3) is 3.76. The molecule has 0 unspecified atom stereocenters. The Labute approximate surface area is 126 Å². The first-order valence-electron chi connectivity index (χ1n) is 6.46. The van der Waals surface area contributed by atoms with Crippen LogP contribution in [0.1, 0.15) is 15.9 Å². The second kappa shape index (κ2) is 6.62. The van der Waals surface area contributed by atoms with Crippen LogP contribution in [-0.4, -0.2) is 33.6 Å². The number of aromatic nitrogens is 1. The Morgan fingerprint density at radius 1 is 1.18 bits per heavy atom. The number of carbonyl (C=O) groups excluding carboxylic acids is 1. The molecule has 1 aromatic carbocycles. The fraction of sp³-hybridized carbons (Fsp3) is 0.125. The number of hydrogen-bond acceptors (Lipinski definition) is 4. The molecule has 0 bridgehead atoms. The summed E-state index contributed by atoms with van der Waals surface area (Å²) in [5, 5.41) is 17.6. The van der Waals surface area contributed by atoms with Crippen molar-refractivity contribution in [2.75, 3.05) is 7.11 Å². The Kier molecular flexibility index (Phi) is 4.63. The third-order valence-corrected chi connectivity index (χ3v) is 3.05. The maximum Gasteiger partial charge on any atom is 0.371 e. The molecule has 6 nitrogen and oxygen atoms in total. The lowest BCUT2D eigenvalue weighted by atomic mass is 10.2. The van der Waals surface area contributed by atoms with Gasteiger partial charge in [-0.1, -0.05) is 12.1 Å². The van der Waals surface area contributed by atoms with Crippen LogP contribution in [-0.2, 0) is 11.3 Å². The van der Waals surface area contributed by atoms with E-state index in [1.54, 1.807) is 30.1 Å². The summed E-state index contributed by atoms with van der Waals surface area (Å²) in [7, 11) is 1.60. The zero-order valence-electron chi connectivity index (χ0n) is 11.9. The minimum atomic E-state index is -1.54. The monoisotopic (exact) mass is 301 g/mol. The Morgan fingerprint density at radius 3 is 2.45 bits per heavy atom. The molecule has 0 radical (unpaired) electrons. The van der Waals surface area contributed by atoms with E-state index in [2.05, 4.69) is 0 Å². The van der Waals surface area contributed by atoms with Crippen molar-refractivity contribution in [1.82, 2.24) is 4.57 Å². The van der Waals surface area contributed by atoms with Crippen molar-refractivity contribution in [1.29, 1.82) is 0 Å². The van der Waals surface area contributed by atoms with Crippen molar-refractivity contribution in [2.24, 2.45) is 0 Å². The molecular weight excluding hydrogens is 286 g/mol. The van der Waals surface area contributed by atoms with Gasteiger partial charge in [-0.2, -0.15) is 0 Å². The summed E-state index contributed by atoms with van der Waals surface area (Å²) >= 11 is 0. The van der Waals surface area contributed by atoms with Crippen molar-refractivity contribution in [3.05, 3.63) is 65.7 Å². The Bertz CT molecular complexity index is 712. The van der Waals surface area contributed by atoms with Crippen molar-refractivity contribution in [2.45, 2.75) is 6.54 Å². The van der Waals surface area contributed by atoms with E-state index in [-0.39, 0.29) is 0 Å². The molecule has 0 saturated carbocycles. The molecule has 2 aromatic rings. The minimum Gasteiger partial charge on any atom is -0.502 e. The van der Waals surface area contributed by atoms with Gasteiger partial charge in [0.15, 0.2) is 5.78 Å². The molecule has 0 aliphatic carbocycles. The number of hydrogen-bond donors (Lipinski definition) is 2. The second-order valence-electron chi connectivity index (χ2n) is 4.62. The highest BCUT2D eigenvalue weighted by molar-refractivity contribution is 6.07. The van der Waals surface area contributed by atoms with Crippen LogP contribution in [0.15, 0.2) is 54.6 Å². The van der Waals surface area contributed by atoms with Crippen LogP contribution in [0.3, 0.4) is 0 Å².